The fourth-order valence-electron chi connectivity index (χ4n) is 4.93. The van der Waals surface area contributed by atoms with Crippen molar-refractivity contribution in [1.29, 1.82) is 0 Å². The summed E-state index contributed by atoms with van der Waals surface area (Å²) in [6.45, 7) is 10.2. The molecule has 2 saturated heterocycles. The lowest BCUT2D eigenvalue weighted by Crippen LogP contribution is -2.51. The van der Waals surface area contributed by atoms with Gasteiger partial charge in [0.05, 0.1) is 0 Å². The van der Waals surface area contributed by atoms with E-state index in [-0.39, 0.29) is 0 Å². The lowest BCUT2D eigenvalue weighted by atomic mass is 9.64. The highest BCUT2D eigenvalue weighted by molar-refractivity contribution is 5.21. The van der Waals surface area contributed by atoms with Gasteiger partial charge in [-0.05, 0) is 62.4 Å². The molecule has 15 heavy (non-hydrogen) atoms. The van der Waals surface area contributed by atoms with E-state index in [9.17, 15) is 0 Å². The van der Waals surface area contributed by atoms with E-state index in [1.165, 1.54) is 51.6 Å². The lowest BCUT2D eigenvalue weighted by Gasteiger charge is -2.48. The van der Waals surface area contributed by atoms with Crippen LogP contribution in [0.1, 0.15) is 59.3 Å². The van der Waals surface area contributed by atoms with Crippen LogP contribution in [0.4, 0.5) is 0 Å². The van der Waals surface area contributed by atoms with Crippen LogP contribution in [0.15, 0.2) is 0 Å². The van der Waals surface area contributed by atoms with Gasteiger partial charge in [-0.3, -0.25) is 4.90 Å². The molecule has 1 heteroatoms. The maximum Gasteiger partial charge on any atom is 0.0271 e. The maximum atomic E-state index is 2.85. The Balaban J connectivity index is 1.99. The van der Waals surface area contributed by atoms with Crippen molar-refractivity contribution in [2.45, 2.75) is 64.8 Å². The first kappa shape index (κ1) is 10.1. The zero-order chi connectivity index (χ0) is 10.7. The van der Waals surface area contributed by atoms with E-state index in [0.29, 0.717) is 16.4 Å². The quantitative estimate of drug-likeness (QED) is 0.636. The number of nitrogens with zero attached hydrogens (tertiary/aromatic N) is 1. The Morgan fingerprint density at radius 2 is 1.40 bits per heavy atom. The molecule has 2 aliphatic heterocycles. The Hall–Kier alpha value is -0.0400. The van der Waals surface area contributed by atoms with Crippen LogP contribution in [-0.4, -0.2) is 23.5 Å². The van der Waals surface area contributed by atoms with Crippen LogP contribution < -0.4 is 0 Å². The van der Waals surface area contributed by atoms with Gasteiger partial charge in [0.1, 0.15) is 0 Å². The molecule has 0 atom stereocenters. The molecule has 2 heterocycles. The maximum absolute atomic E-state index is 2.85. The smallest absolute Gasteiger partial charge is 0.0271 e. The standard InChI is InChI=1S/C14H25N/c1-12(2,3)13(8-9-13)14-6-4-10-15(14)11-5-7-14/h4-11H2,1-3H3. The van der Waals surface area contributed by atoms with Gasteiger partial charge < -0.3 is 0 Å². The highest BCUT2D eigenvalue weighted by atomic mass is 15.3. The van der Waals surface area contributed by atoms with E-state index in [2.05, 4.69) is 25.7 Å². The molecule has 0 amide bonds. The third-order valence-corrected chi connectivity index (χ3v) is 5.72. The van der Waals surface area contributed by atoms with Crippen molar-refractivity contribution in [2.24, 2.45) is 10.8 Å². The van der Waals surface area contributed by atoms with Gasteiger partial charge in [-0.2, -0.15) is 0 Å². The van der Waals surface area contributed by atoms with Crippen molar-refractivity contribution in [3.8, 4) is 0 Å². The molecule has 1 aliphatic carbocycles. The fraction of sp³-hybridized carbons (Fsp3) is 1.00. The van der Waals surface area contributed by atoms with Crippen LogP contribution in [0.2, 0.25) is 0 Å². The lowest BCUT2D eigenvalue weighted by molar-refractivity contribution is 0.0189. The molecule has 0 N–H and O–H groups in total. The number of hydrogen-bond donors (Lipinski definition) is 0. The molecule has 3 rings (SSSR count). The van der Waals surface area contributed by atoms with E-state index >= 15 is 0 Å². The number of fused-ring (bicyclic) bond motifs is 1. The molecular weight excluding hydrogens is 182 g/mol. The highest BCUT2D eigenvalue weighted by Crippen LogP contribution is 2.70. The second-order valence-electron chi connectivity index (χ2n) is 7.06. The fourth-order valence-corrected chi connectivity index (χ4v) is 4.93. The average molecular weight is 207 g/mol. The minimum Gasteiger partial charge on any atom is -0.297 e. The second-order valence-corrected chi connectivity index (χ2v) is 7.06. The predicted octanol–water partition coefficient (Wildman–Crippen LogP) is 3.44. The minimum absolute atomic E-state index is 0.514. The monoisotopic (exact) mass is 207 g/mol. The summed E-state index contributed by atoms with van der Waals surface area (Å²) in [6, 6.07) is 0. The Morgan fingerprint density at radius 1 is 0.867 bits per heavy atom. The SMILES string of the molecule is CC(C)(C)C1(C23CCCN2CCC3)CC1. The Bertz CT molecular complexity index is 260. The van der Waals surface area contributed by atoms with Gasteiger partial charge in [0.15, 0.2) is 0 Å². The Kier molecular flexibility index (Phi) is 1.89. The average Bonchev–Trinajstić information content (AvgIpc) is 2.70. The first-order chi connectivity index (χ1) is 7.02. The van der Waals surface area contributed by atoms with Crippen molar-refractivity contribution in [2.75, 3.05) is 13.1 Å². The molecule has 0 radical (unpaired) electrons. The van der Waals surface area contributed by atoms with Gasteiger partial charge in [0, 0.05) is 5.54 Å². The molecule has 0 aromatic carbocycles. The summed E-state index contributed by atoms with van der Waals surface area (Å²) < 4.78 is 0. The number of hydrogen-bond acceptors (Lipinski definition) is 1. The molecule has 1 saturated carbocycles. The molecule has 3 aliphatic rings. The van der Waals surface area contributed by atoms with Crippen molar-refractivity contribution >= 4 is 0 Å². The third kappa shape index (κ3) is 1.08. The Labute approximate surface area is 94.2 Å². The first-order valence-corrected chi connectivity index (χ1v) is 6.77. The van der Waals surface area contributed by atoms with Gasteiger partial charge in [-0.15, -0.1) is 0 Å². The topological polar surface area (TPSA) is 3.24 Å². The molecule has 3 fully saturated rings. The van der Waals surface area contributed by atoms with Crippen LogP contribution in [0.25, 0.3) is 0 Å². The summed E-state index contributed by atoms with van der Waals surface area (Å²) in [4.78, 5) is 2.85. The van der Waals surface area contributed by atoms with Crippen molar-refractivity contribution in [3.05, 3.63) is 0 Å². The van der Waals surface area contributed by atoms with Gasteiger partial charge in [0.25, 0.3) is 0 Å². The summed E-state index contributed by atoms with van der Waals surface area (Å²) in [5.41, 5.74) is 1.82. The largest absolute Gasteiger partial charge is 0.297 e. The first-order valence-electron chi connectivity index (χ1n) is 6.77. The molecule has 1 nitrogen and oxygen atoms in total. The van der Waals surface area contributed by atoms with Gasteiger partial charge >= 0.3 is 0 Å². The summed E-state index contributed by atoms with van der Waals surface area (Å²) in [7, 11) is 0. The summed E-state index contributed by atoms with van der Waals surface area (Å²) in [6.07, 6.45) is 8.88. The predicted molar refractivity (Wildman–Crippen MR) is 63.9 cm³/mol. The van der Waals surface area contributed by atoms with Crippen LogP contribution in [0, 0.1) is 10.8 Å². The van der Waals surface area contributed by atoms with E-state index < -0.39 is 0 Å². The highest BCUT2D eigenvalue weighted by Gasteiger charge is 2.68. The molecule has 86 valence electrons. The zero-order valence-corrected chi connectivity index (χ0v) is 10.6. The molecule has 0 spiro atoms. The van der Waals surface area contributed by atoms with E-state index in [1.807, 2.05) is 0 Å². The summed E-state index contributed by atoms with van der Waals surface area (Å²) in [5, 5.41) is 0. The minimum atomic E-state index is 0.514. The third-order valence-electron chi connectivity index (χ3n) is 5.72. The zero-order valence-electron chi connectivity index (χ0n) is 10.6. The van der Waals surface area contributed by atoms with Gasteiger partial charge in [-0.25, -0.2) is 0 Å². The van der Waals surface area contributed by atoms with Crippen molar-refractivity contribution < 1.29 is 0 Å². The van der Waals surface area contributed by atoms with Crippen molar-refractivity contribution in [1.82, 2.24) is 4.90 Å². The van der Waals surface area contributed by atoms with Crippen LogP contribution in [0.3, 0.4) is 0 Å². The van der Waals surface area contributed by atoms with Crippen molar-refractivity contribution in [3.63, 3.8) is 0 Å². The second kappa shape index (κ2) is 2.80. The molecule has 0 aromatic heterocycles. The normalized spacial score (nSPS) is 33.0. The van der Waals surface area contributed by atoms with Crippen LogP contribution in [-0.2, 0) is 0 Å². The molecule has 0 aromatic rings. The molecule has 0 unspecified atom stereocenters. The summed E-state index contributed by atoms with van der Waals surface area (Å²) in [5.74, 6) is 0. The van der Waals surface area contributed by atoms with Crippen LogP contribution in [0.5, 0.6) is 0 Å². The van der Waals surface area contributed by atoms with E-state index in [0.717, 1.165) is 0 Å². The van der Waals surface area contributed by atoms with E-state index in [1.54, 1.807) is 0 Å². The molecule has 0 bridgehead atoms. The van der Waals surface area contributed by atoms with Crippen LogP contribution >= 0.6 is 0 Å². The van der Waals surface area contributed by atoms with E-state index in [4.69, 9.17) is 0 Å². The summed E-state index contributed by atoms with van der Waals surface area (Å²) >= 11 is 0. The van der Waals surface area contributed by atoms with Gasteiger partial charge in [0.2, 0.25) is 0 Å². The molecular formula is C14H25N. The number of rotatable bonds is 1. The Morgan fingerprint density at radius 3 is 1.80 bits per heavy atom. The van der Waals surface area contributed by atoms with Gasteiger partial charge in [-0.1, -0.05) is 20.8 Å².